The van der Waals surface area contributed by atoms with Crippen LogP contribution in [0.15, 0.2) is 11.6 Å². The lowest BCUT2D eigenvalue weighted by Crippen LogP contribution is -2.49. The third-order valence-corrected chi connectivity index (χ3v) is 4.79. The zero-order valence-corrected chi connectivity index (χ0v) is 12.9. The summed E-state index contributed by atoms with van der Waals surface area (Å²) < 4.78 is 0. The van der Waals surface area contributed by atoms with Gasteiger partial charge in [0.05, 0.1) is 6.10 Å². The van der Waals surface area contributed by atoms with E-state index >= 15 is 0 Å². The molecule has 0 aromatic carbocycles. The van der Waals surface area contributed by atoms with Crippen LogP contribution in [0.2, 0.25) is 0 Å². The molecule has 1 saturated carbocycles. The number of aliphatic hydroxyl groups excluding tert-OH is 1. The molecule has 0 bridgehead atoms. The minimum absolute atomic E-state index is 0.112. The summed E-state index contributed by atoms with van der Waals surface area (Å²) in [5.74, 6) is -1.61. The smallest absolute Gasteiger partial charge is 0.328 e. The summed E-state index contributed by atoms with van der Waals surface area (Å²) in [6, 6.07) is -1.34. The first-order valence-electron chi connectivity index (χ1n) is 7.81. The molecule has 0 heterocycles. The van der Waals surface area contributed by atoms with E-state index in [4.69, 9.17) is 5.11 Å². The third-order valence-electron chi connectivity index (χ3n) is 4.79. The Kier molecular flexibility index (Phi) is 5.01. The van der Waals surface area contributed by atoms with Crippen molar-refractivity contribution in [2.45, 2.75) is 51.7 Å². The summed E-state index contributed by atoms with van der Waals surface area (Å²) in [5, 5.41) is 20.9. The Bertz CT molecular complexity index is 511. The van der Waals surface area contributed by atoms with Gasteiger partial charge in [-0.15, -0.1) is 0 Å². The number of amides is 1. The molecule has 22 heavy (non-hydrogen) atoms. The van der Waals surface area contributed by atoms with Gasteiger partial charge in [-0.25, -0.2) is 4.79 Å². The highest BCUT2D eigenvalue weighted by molar-refractivity contribution is 5.98. The number of aliphatic hydroxyl groups is 1. The average molecular weight is 309 g/mol. The van der Waals surface area contributed by atoms with Crippen molar-refractivity contribution >= 4 is 17.7 Å². The van der Waals surface area contributed by atoms with Crippen LogP contribution >= 0.6 is 0 Å². The van der Waals surface area contributed by atoms with E-state index in [1.807, 2.05) is 13.0 Å². The van der Waals surface area contributed by atoms with Crippen molar-refractivity contribution in [2.24, 2.45) is 17.8 Å². The predicted octanol–water partition coefficient (Wildman–Crippen LogP) is 0.888. The van der Waals surface area contributed by atoms with Gasteiger partial charge in [0.1, 0.15) is 5.78 Å². The number of Topliss-reactive ketones (excluding diaryl/α,β-unsaturated/α-hetero) is 1. The predicted molar refractivity (Wildman–Crippen MR) is 78.9 cm³/mol. The van der Waals surface area contributed by atoms with Gasteiger partial charge in [0.15, 0.2) is 6.04 Å². The van der Waals surface area contributed by atoms with Crippen molar-refractivity contribution < 1.29 is 24.6 Å². The maximum atomic E-state index is 12.5. The molecule has 5 unspecified atom stereocenters. The van der Waals surface area contributed by atoms with Gasteiger partial charge in [0, 0.05) is 17.9 Å². The number of hydrogen-bond donors (Lipinski definition) is 3. The number of rotatable bonds is 5. The number of aliphatic carboxylic acids is 1. The Morgan fingerprint density at radius 1 is 1.41 bits per heavy atom. The second-order valence-corrected chi connectivity index (χ2v) is 6.27. The number of fused-ring (bicyclic) bond motifs is 1. The lowest BCUT2D eigenvalue weighted by Gasteiger charge is -2.30. The first-order valence-corrected chi connectivity index (χ1v) is 7.81. The summed E-state index contributed by atoms with van der Waals surface area (Å²) in [5.41, 5.74) is 0.515. The number of ketones is 1. The number of carboxylic acids is 1. The topological polar surface area (TPSA) is 104 Å². The van der Waals surface area contributed by atoms with E-state index in [0.29, 0.717) is 18.4 Å². The summed E-state index contributed by atoms with van der Waals surface area (Å²) >= 11 is 0. The van der Waals surface area contributed by atoms with E-state index in [-0.39, 0.29) is 23.5 Å². The molecule has 0 radical (unpaired) electrons. The monoisotopic (exact) mass is 309 g/mol. The molecule has 6 nitrogen and oxygen atoms in total. The number of carbonyl (C=O) groups excluding carboxylic acids is 2. The van der Waals surface area contributed by atoms with Gasteiger partial charge in [-0.3, -0.25) is 9.59 Å². The molecular formula is C16H23NO5. The van der Waals surface area contributed by atoms with Crippen molar-refractivity contribution in [1.29, 1.82) is 0 Å². The standard InChI is InChI=1S/C16H23NO5/c1-3-9-6-11-10(4-5-13(11)19)12(7-9)15(20)17-14(8(2)18)16(21)22/h7-11,14,18H,3-6H2,1-2H3,(H,17,20)(H,21,22). The fourth-order valence-electron chi connectivity index (χ4n) is 3.49. The highest BCUT2D eigenvalue weighted by atomic mass is 16.4. The van der Waals surface area contributed by atoms with Gasteiger partial charge < -0.3 is 15.5 Å². The van der Waals surface area contributed by atoms with Crippen molar-refractivity contribution in [3.63, 3.8) is 0 Å². The molecular weight excluding hydrogens is 286 g/mol. The van der Waals surface area contributed by atoms with Crippen LogP contribution in [0.25, 0.3) is 0 Å². The van der Waals surface area contributed by atoms with E-state index in [1.54, 1.807) is 0 Å². The van der Waals surface area contributed by atoms with E-state index in [1.165, 1.54) is 6.92 Å². The van der Waals surface area contributed by atoms with Gasteiger partial charge in [-0.2, -0.15) is 0 Å². The number of carboxylic acid groups (broad SMARTS) is 1. The second-order valence-electron chi connectivity index (χ2n) is 6.27. The van der Waals surface area contributed by atoms with Crippen LogP contribution in [0.3, 0.4) is 0 Å². The Hall–Kier alpha value is -1.69. The molecule has 0 saturated heterocycles. The lowest BCUT2D eigenvalue weighted by atomic mass is 9.74. The van der Waals surface area contributed by atoms with Crippen LogP contribution in [0, 0.1) is 17.8 Å². The minimum Gasteiger partial charge on any atom is -0.480 e. The molecule has 0 aromatic rings. The Balaban J connectivity index is 2.21. The van der Waals surface area contributed by atoms with Gasteiger partial charge in [-0.05, 0) is 38.0 Å². The lowest BCUT2D eigenvalue weighted by molar-refractivity contribution is -0.144. The van der Waals surface area contributed by atoms with Crippen molar-refractivity contribution in [3.05, 3.63) is 11.6 Å². The number of nitrogens with one attached hydrogen (secondary N) is 1. The van der Waals surface area contributed by atoms with Gasteiger partial charge in [0.2, 0.25) is 5.91 Å². The van der Waals surface area contributed by atoms with E-state index in [9.17, 15) is 19.5 Å². The molecule has 1 amide bonds. The van der Waals surface area contributed by atoms with Gasteiger partial charge in [-0.1, -0.05) is 13.0 Å². The van der Waals surface area contributed by atoms with Crippen molar-refractivity contribution in [2.75, 3.05) is 0 Å². The average Bonchev–Trinajstić information content (AvgIpc) is 2.84. The SMILES string of the molecule is CCC1C=C(C(=O)NC(C(=O)O)C(C)O)C2CCC(=O)C2C1. The van der Waals surface area contributed by atoms with E-state index < -0.39 is 24.0 Å². The maximum Gasteiger partial charge on any atom is 0.328 e. The van der Waals surface area contributed by atoms with Crippen LogP contribution in [0.4, 0.5) is 0 Å². The van der Waals surface area contributed by atoms with Crippen LogP contribution in [-0.4, -0.2) is 40.0 Å². The van der Waals surface area contributed by atoms with E-state index in [2.05, 4.69) is 5.32 Å². The zero-order chi connectivity index (χ0) is 16.4. The number of hydrogen-bond acceptors (Lipinski definition) is 4. The largest absolute Gasteiger partial charge is 0.480 e. The molecule has 0 aliphatic heterocycles. The molecule has 122 valence electrons. The highest BCUT2D eigenvalue weighted by Crippen LogP contribution is 2.43. The molecule has 1 fully saturated rings. The Morgan fingerprint density at radius 2 is 2.09 bits per heavy atom. The minimum atomic E-state index is -1.34. The van der Waals surface area contributed by atoms with Crippen LogP contribution in [-0.2, 0) is 14.4 Å². The maximum absolute atomic E-state index is 12.5. The number of carbonyl (C=O) groups is 3. The Morgan fingerprint density at radius 3 is 2.64 bits per heavy atom. The molecule has 2 rings (SSSR count). The number of allylic oxidation sites excluding steroid dienone is 1. The molecule has 2 aliphatic carbocycles. The zero-order valence-electron chi connectivity index (χ0n) is 12.9. The van der Waals surface area contributed by atoms with Crippen LogP contribution < -0.4 is 5.32 Å². The normalized spacial score (nSPS) is 30.2. The quantitative estimate of drug-likeness (QED) is 0.699. The van der Waals surface area contributed by atoms with Gasteiger partial charge >= 0.3 is 5.97 Å². The Labute approximate surface area is 129 Å². The fourth-order valence-corrected chi connectivity index (χ4v) is 3.49. The molecule has 6 heteroatoms. The molecule has 3 N–H and O–H groups in total. The van der Waals surface area contributed by atoms with Crippen LogP contribution in [0.1, 0.15) is 39.5 Å². The molecule has 0 spiro atoms. The first kappa shape index (κ1) is 16.7. The summed E-state index contributed by atoms with van der Waals surface area (Å²) in [6.07, 6.45) is 3.44. The second kappa shape index (κ2) is 6.60. The fraction of sp³-hybridized carbons (Fsp3) is 0.688. The van der Waals surface area contributed by atoms with Crippen LogP contribution in [0.5, 0.6) is 0 Å². The molecule has 0 aromatic heterocycles. The van der Waals surface area contributed by atoms with E-state index in [0.717, 1.165) is 12.8 Å². The molecule has 5 atom stereocenters. The summed E-state index contributed by atoms with van der Waals surface area (Å²) in [7, 11) is 0. The van der Waals surface area contributed by atoms with Crippen molar-refractivity contribution in [3.8, 4) is 0 Å². The van der Waals surface area contributed by atoms with Gasteiger partial charge in [0.25, 0.3) is 0 Å². The third kappa shape index (κ3) is 3.21. The first-order chi connectivity index (χ1) is 10.3. The summed E-state index contributed by atoms with van der Waals surface area (Å²) in [6.45, 7) is 3.33. The highest BCUT2D eigenvalue weighted by Gasteiger charge is 2.43. The van der Waals surface area contributed by atoms with Crippen molar-refractivity contribution in [1.82, 2.24) is 5.32 Å². The molecule has 2 aliphatic rings. The summed E-state index contributed by atoms with van der Waals surface area (Å²) in [4.78, 5) is 35.6.